The molecule has 0 saturated heterocycles. The van der Waals surface area contributed by atoms with Gasteiger partial charge in [-0.1, -0.05) is 35.9 Å². The predicted octanol–water partition coefficient (Wildman–Crippen LogP) is 3.65. The summed E-state index contributed by atoms with van der Waals surface area (Å²) in [5, 5.41) is 8.48. The van der Waals surface area contributed by atoms with Crippen LogP contribution in [-0.4, -0.2) is 18.0 Å². The minimum absolute atomic E-state index is 0.0312. The maximum atomic E-state index is 12.2. The van der Waals surface area contributed by atoms with Crippen LogP contribution < -0.4 is 10.6 Å². The molecule has 0 spiro atoms. The van der Waals surface area contributed by atoms with Crippen molar-refractivity contribution >= 4 is 17.2 Å². The van der Waals surface area contributed by atoms with Crippen molar-refractivity contribution in [2.24, 2.45) is 0 Å². The maximum Gasteiger partial charge on any atom is 0.237 e. The highest BCUT2D eigenvalue weighted by molar-refractivity contribution is 7.10. The highest BCUT2D eigenvalue weighted by Crippen LogP contribution is 2.26. The molecule has 2 rings (SSSR count). The number of carbonyl (C=O) groups excluding carboxylic acids is 1. The summed E-state index contributed by atoms with van der Waals surface area (Å²) in [6.07, 6.45) is 0. The molecule has 118 valence electrons. The molecule has 1 aromatic heterocycles. The summed E-state index contributed by atoms with van der Waals surface area (Å²) in [5.41, 5.74) is 2.41. The summed E-state index contributed by atoms with van der Waals surface area (Å²) >= 11 is 1.70. The van der Waals surface area contributed by atoms with Crippen molar-refractivity contribution in [1.29, 1.82) is 0 Å². The van der Waals surface area contributed by atoms with Crippen LogP contribution in [-0.2, 0) is 4.79 Å². The molecule has 0 radical (unpaired) electrons. The van der Waals surface area contributed by atoms with Crippen molar-refractivity contribution in [3.8, 4) is 0 Å². The standard InChI is InChI=1S/C18H24N2OS/c1-12(2)19-18(21)14(4)20-17(16-6-5-11-22-16)15-9-7-13(3)8-10-15/h5-12,14,17,20H,1-4H3,(H,19,21)/t14-,17-/m0/s1. The molecule has 22 heavy (non-hydrogen) atoms. The number of aryl methyl sites for hydroxylation is 1. The molecule has 2 aromatic rings. The summed E-state index contributed by atoms with van der Waals surface area (Å²) < 4.78 is 0. The number of nitrogens with one attached hydrogen (secondary N) is 2. The third-order valence-electron chi connectivity index (χ3n) is 3.48. The first-order valence-corrected chi connectivity index (χ1v) is 8.51. The Labute approximate surface area is 136 Å². The minimum atomic E-state index is -0.254. The van der Waals surface area contributed by atoms with Crippen LogP contribution in [0.5, 0.6) is 0 Å². The van der Waals surface area contributed by atoms with Crippen molar-refractivity contribution in [3.63, 3.8) is 0 Å². The first-order chi connectivity index (χ1) is 10.5. The van der Waals surface area contributed by atoms with Crippen molar-refractivity contribution in [2.45, 2.75) is 45.8 Å². The van der Waals surface area contributed by atoms with E-state index in [0.717, 1.165) is 0 Å². The predicted molar refractivity (Wildman–Crippen MR) is 93.2 cm³/mol. The largest absolute Gasteiger partial charge is 0.353 e. The Morgan fingerprint density at radius 2 is 1.77 bits per heavy atom. The van der Waals surface area contributed by atoms with Gasteiger partial charge < -0.3 is 5.32 Å². The third kappa shape index (κ3) is 4.42. The fraction of sp³-hybridized carbons (Fsp3) is 0.389. The van der Waals surface area contributed by atoms with E-state index in [-0.39, 0.29) is 24.0 Å². The number of hydrogen-bond acceptors (Lipinski definition) is 3. The van der Waals surface area contributed by atoms with Gasteiger partial charge in [0.25, 0.3) is 0 Å². The highest BCUT2D eigenvalue weighted by atomic mass is 32.1. The van der Waals surface area contributed by atoms with Gasteiger partial charge in [0.2, 0.25) is 5.91 Å². The quantitative estimate of drug-likeness (QED) is 0.854. The molecule has 3 nitrogen and oxygen atoms in total. The number of benzene rings is 1. The van der Waals surface area contributed by atoms with Gasteiger partial charge in [0.1, 0.15) is 0 Å². The zero-order valence-corrected chi connectivity index (χ0v) is 14.4. The lowest BCUT2D eigenvalue weighted by Gasteiger charge is -2.23. The lowest BCUT2D eigenvalue weighted by molar-refractivity contribution is -0.123. The second-order valence-electron chi connectivity index (χ2n) is 5.91. The molecule has 1 amide bonds. The van der Waals surface area contributed by atoms with Crippen LogP contribution in [0.3, 0.4) is 0 Å². The van der Waals surface area contributed by atoms with Gasteiger partial charge in [0.05, 0.1) is 12.1 Å². The Bertz CT molecular complexity index is 590. The fourth-order valence-electron chi connectivity index (χ4n) is 2.29. The van der Waals surface area contributed by atoms with E-state index in [1.165, 1.54) is 16.0 Å². The molecule has 1 aromatic carbocycles. The third-order valence-corrected chi connectivity index (χ3v) is 4.42. The van der Waals surface area contributed by atoms with Crippen LogP contribution >= 0.6 is 11.3 Å². The van der Waals surface area contributed by atoms with Crippen LogP contribution in [0.1, 0.15) is 42.8 Å². The van der Waals surface area contributed by atoms with E-state index >= 15 is 0 Å². The van der Waals surface area contributed by atoms with Crippen molar-refractivity contribution < 1.29 is 4.79 Å². The van der Waals surface area contributed by atoms with Crippen LogP contribution in [0, 0.1) is 6.92 Å². The van der Waals surface area contributed by atoms with Gasteiger partial charge in [0, 0.05) is 10.9 Å². The fourth-order valence-corrected chi connectivity index (χ4v) is 3.10. The Hall–Kier alpha value is -1.65. The first-order valence-electron chi connectivity index (χ1n) is 7.63. The Balaban J connectivity index is 2.19. The summed E-state index contributed by atoms with van der Waals surface area (Å²) in [7, 11) is 0. The lowest BCUT2D eigenvalue weighted by atomic mass is 10.0. The van der Waals surface area contributed by atoms with E-state index in [1.54, 1.807) is 11.3 Å². The van der Waals surface area contributed by atoms with E-state index in [0.29, 0.717) is 0 Å². The van der Waals surface area contributed by atoms with Crippen LogP contribution in [0.2, 0.25) is 0 Å². The average molecular weight is 316 g/mol. The molecular weight excluding hydrogens is 292 g/mol. The number of hydrogen-bond donors (Lipinski definition) is 2. The summed E-state index contributed by atoms with van der Waals surface area (Å²) in [6, 6.07) is 12.5. The molecule has 0 aliphatic carbocycles. The van der Waals surface area contributed by atoms with E-state index in [9.17, 15) is 4.79 Å². The summed E-state index contributed by atoms with van der Waals surface area (Å²) in [5.74, 6) is 0.0312. The minimum Gasteiger partial charge on any atom is -0.353 e. The number of carbonyl (C=O) groups is 1. The number of rotatable bonds is 6. The van der Waals surface area contributed by atoms with E-state index in [4.69, 9.17) is 0 Å². The van der Waals surface area contributed by atoms with Crippen molar-refractivity contribution in [2.75, 3.05) is 0 Å². The van der Waals surface area contributed by atoms with E-state index < -0.39 is 0 Å². The van der Waals surface area contributed by atoms with Crippen LogP contribution in [0.15, 0.2) is 41.8 Å². The molecule has 2 atom stereocenters. The van der Waals surface area contributed by atoms with Crippen LogP contribution in [0.25, 0.3) is 0 Å². The van der Waals surface area contributed by atoms with Gasteiger partial charge in [-0.3, -0.25) is 10.1 Å². The SMILES string of the molecule is Cc1ccc([C@H](N[C@@H](C)C(=O)NC(C)C)c2cccs2)cc1. The molecule has 0 fully saturated rings. The maximum absolute atomic E-state index is 12.2. The van der Waals surface area contributed by atoms with Gasteiger partial charge in [0.15, 0.2) is 0 Å². The van der Waals surface area contributed by atoms with Crippen LogP contribution in [0.4, 0.5) is 0 Å². The number of amides is 1. The van der Waals surface area contributed by atoms with Gasteiger partial charge >= 0.3 is 0 Å². The molecular formula is C18H24N2OS. The molecule has 0 bridgehead atoms. The Morgan fingerprint density at radius 3 is 2.32 bits per heavy atom. The van der Waals surface area contributed by atoms with Gasteiger partial charge in [-0.2, -0.15) is 0 Å². The van der Waals surface area contributed by atoms with Crippen molar-refractivity contribution in [1.82, 2.24) is 10.6 Å². The topological polar surface area (TPSA) is 41.1 Å². The zero-order chi connectivity index (χ0) is 16.1. The van der Waals surface area contributed by atoms with Gasteiger partial charge in [-0.15, -0.1) is 11.3 Å². The number of thiophene rings is 1. The normalized spacial score (nSPS) is 13.9. The molecule has 2 N–H and O–H groups in total. The molecule has 0 aliphatic rings. The molecule has 0 unspecified atom stereocenters. The molecule has 0 saturated carbocycles. The molecule has 1 heterocycles. The Kier molecular flexibility index (Phi) is 5.75. The second-order valence-corrected chi connectivity index (χ2v) is 6.89. The summed E-state index contributed by atoms with van der Waals surface area (Å²) in [4.78, 5) is 13.4. The zero-order valence-electron chi connectivity index (χ0n) is 13.6. The lowest BCUT2D eigenvalue weighted by Crippen LogP contribution is -2.45. The second kappa shape index (κ2) is 7.56. The average Bonchev–Trinajstić information content (AvgIpc) is 2.98. The Morgan fingerprint density at radius 1 is 1.09 bits per heavy atom. The first kappa shape index (κ1) is 16.7. The highest BCUT2D eigenvalue weighted by Gasteiger charge is 2.21. The van der Waals surface area contributed by atoms with E-state index in [1.807, 2.05) is 26.8 Å². The molecule has 4 heteroatoms. The summed E-state index contributed by atoms with van der Waals surface area (Å²) in [6.45, 7) is 7.94. The molecule has 0 aliphatic heterocycles. The van der Waals surface area contributed by atoms with E-state index in [2.05, 4.69) is 53.3 Å². The van der Waals surface area contributed by atoms with Gasteiger partial charge in [-0.25, -0.2) is 0 Å². The smallest absolute Gasteiger partial charge is 0.237 e. The van der Waals surface area contributed by atoms with Crippen molar-refractivity contribution in [3.05, 3.63) is 57.8 Å². The van der Waals surface area contributed by atoms with Gasteiger partial charge in [-0.05, 0) is 44.7 Å². The monoisotopic (exact) mass is 316 g/mol.